The molecule has 4 nitrogen and oxygen atoms in total. The Bertz CT molecular complexity index is 482. The standard InChI is InChI=1S/C18H28N2O2/c1-14(19-17(21)22-18(2,3)4)16-10-11-20(13-16)12-15-8-6-5-7-9-15/h5-9,14,16H,10-13H2,1-4H3,(H,19,21)/t14-,16+/m0/s1. The van der Waals surface area contributed by atoms with Gasteiger partial charge in [-0.05, 0) is 52.1 Å². The largest absolute Gasteiger partial charge is 0.444 e. The highest BCUT2D eigenvalue weighted by molar-refractivity contribution is 5.68. The van der Waals surface area contributed by atoms with Gasteiger partial charge < -0.3 is 10.1 Å². The smallest absolute Gasteiger partial charge is 0.407 e. The SMILES string of the molecule is C[C@H](NC(=O)OC(C)(C)C)[C@@H]1CCN(Cc2ccccc2)C1. The summed E-state index contributed by atoms with van der Waals surface area (Å²) in [5.41, 5.74) is 0.898. The number of amides is 1. The van der Waals surface area contributed by atoms with E-state index in [1.54, 1.807) is 0 Å². The van der Waals surface area contributed by atoms with Crippen LogP contribution >= 0.6 is 0 Å². The van der Waals surface area contributed by atoms with Crippen molar-refractivity contribution in [3.63, 3.8) is 0 Å². The maximum Gasteiger partial charge on any atom is 0.407 e. The third-order valence-corrected chi connectivity index (χ3v) is 4.01. The van der Waals surface area contributed by atoms with Gasteiger partial charge in [-0.25, -0.2) is 4.79 Å². The molecule has 0 spiro atoms. The molecule has 0 bridgehead atoms. The topological polar surface area (TPSA) is 41.6 Å². The molecule has 0 radical (unpaired) electrons. The zero-order valence-corrected chi connectivity index (χ0v) is 14.1. The number of nitrogens with zero attached hydrogens (tertiary/aromatic N) is 1. The van der Waals surface area contributed by atoms with Gasteiger partial charge in [0.25, 0.3) is 0 Å². The minimum absolute atomic E-state index is 0.135. The molecule has 0 aromatic heterocycles. The van der Waals surface area contributed by atoms with Crippen LogP contribution in [0.2, 0.25) is 0 Å². The molecular formula is C18H28N2O2. The molecule has 1 N–H and O–H groups in total. The van der Waals surface area contributed by atoms with E-state index < -0.39 is 5.60 Å². The quantitative estimate of drug-likeness (QED) is 0.926. The Morgan fingerprint density at radius 3 is 2.68 bits per heavy atom. The van der Waals surface area contributed by atoms with E-state index in [2.05, 4.69) is 41.4 Å². The first-order chi connectivity index (χ1) is 10.3. The summed E-state index contributed by atoms with van der Waals surface area (Å²) in [6.07, 6.45) is 0.797. The summed E-state index contributed by atoms with van der Waals surface area (Å²) >= 11 is 0. The third kappa shape index (κ3) is 5.34. The summed E-state index contributed by atoms with van der Waals surface area (Å²) in [4.78, 5) is 14.3. The molecule has 1 amide bonds. The van der Waals surface area contributed by atoms with Crippen molar-refractivity contribution in [2.75, 3.05) is 13.1 Å². The molecule has 22 heavy (non-hydrogen) atoms. The van der Waals surface area contributed by atoms with Crippen LogP contribution in [0.5, 0.6) is 0 Å². The molecule has 1 aliphatic rings. The molecule has 1 fully saturated rings. The zero-order valence-electron chi connectivity index (χ0n) is 14.1. The Morgan fingerprint density at radius 2 is 2.05 bits per heavy atom. The molecule has 2 rings (SSSR count). The normalized spacial score (nSPS) is 20.6. The van der Waals surface area contributed by atoms with Crippen LogP contribution in [-0.4, -0.2) is 35.7 Å². The van der Waals surface area contributed by atoms with Crippen molar-refractivity contribution in [1.82, 2.24) is 10.2 Å². The van der Waals surface area contributed by atoms with Gasteiger partial charge in [0.1, 0.15) is 5.60 Å². The first-order valence-electron chi connectivity index (χ1n) is 8.09. The number of carbonyl (C=O) groups excluding carboxylic acids is 1. The maximum absolute atomic E-state index is 11.9. The Morgan fingerprint density at radius 1 is 1.36 bits per heavy atom. The minimum Gasteiger partial charge on any atom is -0.444 e. The van der Waals surface area contributed by atoms with Crippen molar-refractivity contribution in [3.05, 3.63) is 35.9 Å². The van der Waals surface area contributed by atoms with Crippen molar-refractivity contribution in [3.8, 4) is 0 Å². The highest BCUT2D eigenvalue weighted by Crippen LogP contribution is 2.22. The lowest BCUT2D eigenvalue weighted by molar-refractivity contribution is 0.0492. The van der Waals surface area contributed by atoms with Crippen LogP contribution in [0.3, 0.4) is 0 Å². The lowest BCUT2D eigenvalue weighted by Crippen LogP contribution is -2.42. The van der Waals surface area contributed by atoms with E-state index in [4.69, 9.17) is 4.74 Å². The summed E-state index contributed by atoms with van der Waals surface area (Å²) in [5.74, 6) is 0.483. The highest BCUT2D eigenvalue weighted by atomic mass is 16.6. The van der Waals surface area contributed by atoms with Crippen molar-refractivity contribution in [1.29, 1.82) is 0 Å². The fourth-order valence-corrected chi connectivity index (χ4v) is 2.87. The van der Waals surface area contributed by atoms with Gasteiger partial charge in [-0.1, -0.05) is 30.3 Å². The summed E-state index contributed by atoms with van der Waals surface area (Å²) in [6.45, 7) is 10.8. The van der Waals surface area contributed by atoms with Gasteiger partial charge in [-0.3, -0.25) is 4.90 Å². The van der Waals surface area contributed by atoms with Crippen LogP contribution in [0.4, 0.5) is 4.79 Å². The summed E-state index contributed by atoms with van der Waals surface area (Å²) < 4.78 is 5.33. The van der Waals surface area contributed by atoms with Gasteiger partial charge in [0.2, 0.25) is 0 Å². The number of hydrogen-bond donors (Lipinski definition) is 1. The Labute approximate surface area is 133 Å². The average Bonchev–Trinajstić information content (AvgIpc) is 2.86. The Kier molecular flexibility index (Phi) is 5.46. The number of ether oxygens (including phenoxy) is 1. The summed E-state index contributed by atoms with van der Waals surface area (Å²) in [7, 11) is 0. The number of likely N-dealkylation sites (tertiary alicyclic amines) is 1. The van der Waals surface area contributed by atoms with Crippen molar-refractivity contribution in [2.45, 2.75) is 52.3 Å². The first-order valence-corrected chi connectivity index (χ1v) is 8.09. The van der Waals surface area contributed by atoms with Gasteiger partial charge in [0, 0.05) is 19.1 Å². The third-order valence-electron chi connectivity index (χ3n) is 4.01. The summed E-state index contributed by atoms with van der Waals surface area (Å²) in [5, 5.41) is 2.97. The Hall–Kier alpha value is -1.55. The van der Waals surface area contributed by atoms with Crippen LogP contribution in [-0.2, 0) is 11.3 Å². The number of carbonyl (C=O) groups is 1. The molecule has 1 saturated heterocycles. The lowest BCUT2D eigenvalue weighted by atomic mass is 10.0. The number of benzene rings is 1. The number of nitrogens with one attached hydrogen (secondary N) is 1. The minimum atomic E-state index is -0.446. The first kappa shape index (κ1) is 16.8. The fraction of sp³-hybridized carbons (Fsp3) is 0.611. The molecule has 2 atom stereocenters. The van der Waals surface area contributed by atoms with Gasteiger partial charge >= 0.3 is 6.09 Å². The zero-order chi connectivity index (χ0) is 16.2. The van der Waals surface area contributed by atoms with E-state index in [9.17, 15) is 4.79 Å². The highest BCUT2D eigenvalue weighted by Gasteiger charge is 2.29. The van der Waals surface area contributed by atoms with Gasteiger partial charge in [0.05, 0.1) is 0 Å². The second-order valence-corrected chi connectivity index (χ2v) is 7.20. The van der Waals surface area contributed by atoms with E-state index in [-0.39, 0.29) is 12.1 Å². The van der Waals surface area contributed by atoms with Gasteiger partial charge in [-0.15, -0.1) is 0 Å². The van der Waals surface area contributed by atoms with Crippen LogP contribution < -0.4 is 5.32 Å². The van der Waals surface area contributed by atoms with Gasteiger partial charge in [-0.2, -0.15) is 0 Å². The van der Waals surface area contributed by atoms with E-state index in [1.165, 1.54) is 5.56 Å². The second kappa shape index (κ2) is 7.14. The molecular weight excluding hydrogens is 276 g/mol. The van der Waals surface area contributed by atoms with E-state index in [1.807, 2.05) is 26.8 Å². The van der Waals surface area contributed by atoms with E-state index >= 15 is 0 Å². The average molecular weight is 304 g/mol. The van der Waals surface area contributed by atoms with Crippen molar-refractivity contribution < 1.29 is 9.53 Å². The monoisotopic (exact) mass is 304 g/mol. The van der Waals surface area contributed by atoms with Crippen molar-refractivity contribution >= 4 is 6.09 Å². The van der Waals surface area contributed by atoms with Crippen LogP contribution in [0.15, 0.2) is 30.3 Å². The predicted octanol–water partition coefficient (Wildman–Crippen LogP) is 3.42. The summed E-state index contributed by atoms with van der Waals surface area (Å²) in [6, 6.07) is 10.7. The van der Waals surface area contributed by atoms with E-state index in [0.717, 1.165) is 26.1 Å². The second-order valence-electron chi connectivity index (χ2n) is 7.20. The number of rotatable bonds is 4. The molecule has 0 unspecified atom stereocenters. The molecule has 122 valence electrons. The molecule has 1 aliphatic heterocycles. The molecule has 1 aromatic carbocycles. The van der Waals surface area contributed by atoms with E-state index in [0.29, 0.717) is 5.92 Å². The van der Waals surface area contributed by atoms with Crippen molar-refractivity contribution in [2.24, 2.45) is 5.92 Å². The molecule has 0 aliphatic carbocycles. The van der Waals surface area contributed by atoms with Gasteiger partial charge in [0.15, 0.2) is 0 Å². The number of hydrogen-bond acceptors (Lipinski definition) is 3. The Balaban J connectivity index is 1.78. The fourth-order valence-electron chi connectivity index (χ4n) is 2.87. The lowest BCUT2D eigenvalue weighted by Gasteiger charge is -2.25. The maximum atomic E-state index is 11.9. The number of alkyl carbamates (subject to hydrolysis) is 1. The van der Waals surface area contributed by atoms with Crippen LogP contribution in [0.25, 0.3) is 0 Å². The molecule has 1 heterocycles. The predicted molar refractivity (Wildman–Crippen MR) is 88.7 cm³/mol. The van der Waals surface area contributed by atoms with Crippen LogP contribution in [0, 0.1) is 5.92 Å². The molecule has 0 saturated carbocycles. The molecule has 4 heteroatoms. The van der Waals surface area contributed by atoms with Crippen LogP contribution in [0.1, 0.15) is 39.7 Å². The molecule has 1 aromatic rings.